The standard InChI is InChI=1S/C41H79N2O9P/c1-6-8-10-11-12-13-14-15-16-17-18-19-21-26-38(45)37(33-52-53(49,50)51-31-30-43(3,4)5)42-41(48)27-23-22-25-35-36(40(47)32-39(35)46)29-28-34(44)24-20-9-7-2/h22-23,28-29,34-40,44-47H,6-21,24-27,30-33H2,1-5H3,(H-,42,48,49,50)/p+1/b23-22-,29-28+/t34-,35+,36-,37+,38-,39+,40-/m1/s1. The fourth-order valence-corrected chi connectivity index (χ4v) is 7.57. The van der Waals surface area contributed by atoms with Crippen molar-refractivity contribution in [1.29, 1.82) is 0 Å². The summed E-state index contributed by atoms with van der Waals surface area (Å²) >= 11 is 0. The molecule has 0 radical (unpaired) electrons. The van der Waals surface area contributed by atoms with Gasteiger partial charge in [0.15, 0.2) is 0 Å². The molecule has 1 aliphatic rings. The van der Waals surface area contributed by atoms with Gasteiger partial charge in [0.05, 0.1) is 58.2 Å². The van der Waals surface area contributed by atoms with Crippen LogP contribution in [0.2, 0.25) is 0 Å². The number of nitrogens with one attached hydrogen (secondary N) is 1. The van der Waals surface area contributed by atoms with E-state index in [9.17, 15) is 34.7 Å². The van der Waals surface area contributed by atoms with Gasteiger partial charge in [0.25, 0.3) is 0 Å². The van der Waals surface area contributed by atoms with E-state index in [0.717, 1.165) is 44.9 Å². The Morgan fingerprint density at radius 2 is 1.36 bits per heavy atom. The van der Waals surface area contributed by atoms with Crippen LogP contribution < -0.4 is 5.32 Å². The number of phosphoric acid groups is 1. The lowest BCUT2D eigenvalue weighted by atomic mass is 9.89. The molecule has 0 aromatic carbocycles. The summed E-state index contributed by atoms with van der Waals surface area (Å²) in [5.74, 6) is -0.927. The lowest BCUT2D eigenvalue weighted by Crippen LogP contribution is -2.46. The molecule has 0 heterocycles. The molecule has 0 bridgehead atoms. The van der Waals surface area contributed by atoms with Crippen LogP contribution in [0.5, 0.6) is 0 Å². The predicted molar refractivity (Wildman–Crippen MR) is 214 cm³/mol. The average molecular weight is 776 g/mol. The molecule has 0 saturated heterocycles. The lowest BCUT2D eigenvalue weighted by molar-refractivity contribution is -0.870. The molecule has 0 spiro atoms. The van der Waals surface area contributed by atoms with E-state index < -0.39 is 38.3 Å². The highest BCUT2D eigenvalue weighted by atomic mass is 31.2. The molecular weight excluding hydrogens is 695 g/mol. The number of nitrogens with zero attached hydrogens (tertiary/aromatic N) is 1. The second kappa shape index (κ2) is 29.1. The Morgan fingerprint density at radius 1 is 0.811 bits per heavy atom. The molecule has 312 valence electrons. The molecule has 0 aliphatic heterocycles. The normalized spacial score (nSPS) is 22.4. The van der Waals surface area contributed by atoms with Gasteiger partial charge in [-0.05, 0) is 25.2 Å². The highest BCUT2D eigenvalue weighted by Crippen LogP contribution is 2.43. The number of likely N-dealkylation sites (N-methyl/N-ethyl adjacent to an activating group) is 1. The smallest absolute Gasteiger partial charge is 0.393 e. The molecule has 53 heavy (non-hydrogen) atoms. The van der Waals surface area contributed by atoms with Crippen molar-refractivity contribution < 1.29 is 48.2 Å². The van der Waals surface area contributed by atoms with Gasteiger partial charge < -0.3 is 35.1 Å². The van der Waals surface area contributed by atoms with Gasteiger partial charge in [-0.1, -0.05) is 141 Å². The summed E-state index contributed by atoms with van der Waals surface area (Å²) in [5.41, 5.74) is 0. The van der Waals surface area contributed by atoms with Crippen molar-refractivity contribution in [3.05, 3.63) is 24.3 Å². The number of amides is 1. The Labute approximate surface area is 322 Å². The number of rotatable bonds is 33. The second-order valence-corrected chi connectivity index (χ2v) is 17.8. The summed E-state index contributed by atoms with van der Waals surface area (Å²) in [7, 11) is 1.42. The third kappa shape index (κ3) is 25.6. The number of hydrogen-bond donors (Lipinski definition) is 6. The first kappa shape index (κ1) is 49.9. The number of phosphoric ester groups is 1. The summed E-state index contributed by atoms with van der Waals surface area (Å²) in [6.45, 7) is 4.49. The van der Waals surface area contributed by atoms with Crippen LogP contribution in [0.3, 0.4) is 0 Å². The van der Waals surface area contributed by atoms with E-state index in [1.54, 1.807) is 12.2 Å². The van der Waals surface area contributed by atoms with Crippen LogP contribution in [0, 0.1) is 11.8 Å². The summed E-state index contributed by atoms with van der Waals surface area (Å²) in [5, 5.41) is 45.3. The molecule has 0 aromatic heterocycles. The van der Waals surface area contributed by atoms with Gasteiger partial charge in [-0.25, -0.2) is 4.57 Å². The van der Waals surface area contributed by atoms with Crippen molar-refractivity contribution >= 4 is 13.7 Å². The van der Waals surface area contributed by atoms with Crippen LogP contribution in [0.1, 0.15) is 149 Å². The highest BCUT2D eigenvalue weighted by molar-refractivity contribution is 7.47. The van der Waals surface area contributed by atoms with Gasteiger partial charge in [0.2, 0.25) is 5.91 Å². The first-order valence-corrected chi connectivity index (χ1v) is 22.5. The maximum Gasteiger partial charge on any atom is 0.472 e. The minimum atomic E-state index is -4.40. The molecule has 8 atom stereocenters. The topological polar surface area (TPSA) is 166 Å². The number of aliphatic hydroxyl groups excluding tert-OH is 4. The minimum Gasteiger partial charge on any atom is -0.393 e. The van der Waals surface area contributed by atoms with E-state index in [0.29, 0.717) is 30.3 Å². The van der Waals surface area contributed by atoms with E-state index >= 15 is 0 Å². The van der Waals surface area contributed by atoms with Gasteiger partial charge in [0.1, 0.15) is 13.2 Å². The Balaban J connectivity index is 2.64. The fraction of sp³-hybridized carbons (Fsp3) is 0.878. The minimum absolute atomic E-state index is 0.000757. The Hall–Kier alpha value is -1.14. The van der Waals surface area contributed by atoms with Crippen LogP contribution in [-0.4, -0.2) is 107 Å². The first-order chi connectivity index (χ1) is 25.2. The highest BCUT2D eigenvalue weighted by Gasteiger charge is 2.39. The quantitative estimate of drug-likeness (QED) is 0.0173. The number of carbonyl (C=O) groups excluding carboxylic acids is 1. The molecule has 1 amide bonds. The van der Waals surface area contributed by atoms with Crippen molar-refractivity contribution in [3.63, 3.8) is 0 Å². The van der Waals surface area contributed by atoms with Gasteiger partial charge in [-0.3, -0.25) is 13.8 Å². The lowest BCUT2D eigenvalue weighted by Gasteiger charge is -2.26. The van der Waals surface area contributed by atoms with Crippen molar-refractivity contribution in [3.8, 4) is 0 Å². The number of hydrogen-bond acceptors (Lipinski definition) is 8. The molecule has 1 rings (SSSR count). The summed E-state index contributed by atoms with van der Waals surface area (Å²) in [6, 6.07) is -0.902. The number of unbranched alkanes of at least 4 members (excludes halogenated alkanes) is 14. The molecular formula is C41H80N2O9P+. The van der Waals surface area contributed by atoms with E-state index in [-0.39, 0.29) is 43.8 Å². The second-order valence-electron chi connectivity index (χ2n) is 16.4. The fourth-order valence-electron chi connectivity index (χ4n) is 6.84. The van der Waals surface area contributed by atoms with Gasteiger partial charge >= 0.3 is 7.82 Å². The number of carbonyl (C=O) groups is 1. The van der Waals surface area contributed by atoms with Crippen LogP contribution >= 0.6 is 7.82 Å². The van der Waals surface area contributed by atoms with Crippen LogP contribution in [-0.2, 0) is 18.4 Å². The largest absolute Gasteiger partial charge is 0.472 e. The number of aliphatic hydroxyl groups is 4. The van der Waals surface area contributed by atoms with Gasteiger partial charge in [-0.2, -0.15) is 0 Å². The van der Waals surface area contributed by atoms with Crippen LogP contribution in [0.15, 0.2) is 24.3 Å². The summed E-state index contributed by atoms with van der Waals surface area (Å²) in [6.07, 6.45) is 24.6. The third-order valence-electron chi connectivity index (χ3n) is 10.3. The molecule has 0 aromatic rings. The molecule has 12 heteroatoms. The average Bonchev–Trinajstić information content (AvgIpc) is 3.36. The Morgan fingerprint density at radius 3 is 1.94 bits per heavy atom. The van der Waals surface area contributed by atoms with Crippen LogP contribution in [0.25, 0.3) is 0 Å². The maximum atomic E-state index is 13.0. The molecule has 1 aliphatic carbocycles. The van der Waals surface area contributed by atoms with Gasteiger partial charge in [-0.15, -0.1) is 0 Å². The molecule has 1 fully saturated rings. The maximum absolute atomic E-state index is 13.0. The predicted octanol–water partition coefficient (Wildman–Crippen LogP) is 7.34. The van der Waals surface area contributed by atoms with E-state index in [2.05, 4.69) is 19.2 Å². The van der Waals surface area contributed by atoms with E-state index in [4.69, 9.17) is 9.05 Å². The monoisotopic (exact) mass is 776 g/mol. The molecule has 11 nitrogen and oxygen atoms in total. The van der Waals surface area contributed by atoms with Crippen LogP contribution in [0.4, 0.5) is 0 Å². The van der Waals surface area contributed by atoms with E-state index in [1.807, 2.05) is 33.3 Å². The van der Waals surface area contributed by atoms with Crippen molar-refractivity contribution in [1.82, 2.24) is 5.32 Å². The SMILES string of the molecule is CCCCCCCCCCCCCCC[C@@H](O)[C@H](COP(=O)(O)OCC[N+](C)(C)C)NC(=O)C/C=C\C[C@H]1[C@@H](/C=C/[C@H](O)CCCCC)[C@H](O)C[C@@H]1O. The van der Waals surface area contributed by atoms with E-state index in [1.165, 1.54) is 57.8 Å². The number of allylic oxidation sites excluding steroid dienone is 1. The van der Waals surface area contributed by atoms with Gasteiger partial charge in [0, 0.05) is 18.8 Å². The van der Waals surface area contributed by atoms with Crippen molar-refractivity contribution in [2.24, 2.45) is 11.8 Å². The zero-order valence-corrected chi connectivity index (χ0v) is 35.0. The van der Waals surface area contributed by atoms with Crippen molar-refractivity contribution in [2.75, 3.05) is 40.9 Å². The molecule has 6 N–H and O–H groups in total. The zero-order valence-electron chi connectivity index (χ0n) is 34.1. The third-order valence-corrected chi connectivity index (χ3v) is 11.3. The Bertz CT molecular complexity index is 1040. The first-order valence-electron chi connectivity index (χ1n) is 21.0. The number of quaternary nitrogens is 1. The Kier molecular flexibility index (Phi) is 27.4. The molecule has 1 unspecified atom stereocenters. The summed E-state index contributed by atoms with van der Waals surface area (Å²) < 4.78 is 23.5. The van der Waals surface area contributed by atoms with Crippen molar-refractivity contribution in [2.45, 2.75) is 179 Å². The summed E-state index contributed by atoms with van der Waals surface area (Å²) in [4.78, 5) is 23.3. The zero-order chi connectivity index (χ0) is 39.5. The molecule has 1 saturated carbocycles.